The van der Waals surface area contributed by atoms with Gasteiger partial charge in [-0.1, -0.05) is 24.3 Å². The van der Waals surface area contributed by atoms with Gasteiger partial charge in [-0.15, -0.1) is 0 Å². The van der Waals surface area contributed by atoms with E-state index in [0.29, 0.717) is 12.8 Å². The molecule has 15 heavy (non-hydrogen) atoms. The number of aromatic nitrogens is 1. The van der Waals surface area contributed by atoms with E-state index >= 15 is 0 Å². The maximum Gasteiger partial charge on any atom is 0.262 e. The Morgan fingerprint density at radius 1 is 1.27 bits per heavy atom. The van der Waals surface area contributed by atoms with E-state index in [-0.39, 0.29) is 11.1 Å². The van der Waals surface area contributed by atoms with Gasteiger partial charge in [0, 0.05) is 12.1 Å². The summed E-state index contributed by atoms with van der Waals surface area (Å²) in [6.45, 7) is 2.47. The van der Waals surface area contributed by atoms with Crippen molar-refractivity contribution in [3.63, 3.8) is 0 Å². The lowest BCUT2D eigenvalue weighted by Crippen LogP contribution is -2.16. The zero-order valence-electron chi connectivity index (χ0n) is 8.43. The lowest BCUT2D eigenvalue weighted by atomic mass is 10.1. The summed E-state index contributed by atoms with van der Waals surface area (Å²) in [4.78, 5) is 22.6. The second kappa shape index (κ2) is 3.69. The minimum Gasteiger partial charge on any atom is -0.308 e. The van der Waals surface area contributed by atoms with Crippen molar-refractivity contribution in [3.8, 4) is 11.3 Å². The Kier molecular flexibility index (Phi) is 2.37. The molecule has 1 heterocycles. The molecule has 0 atom stereocenters. The van der Waals surface area contributed by atoms with Crippen LogP contribution in [0, 0.1) is 0 Å². The molecule has 0 aromatic rings. The smallest absolute Gasteiger partial charge is 0.262 e. The predicted molar refractivity (Wildman–Crippen MR) is 58.4 cm³/mol. The van der Waals surface area contributed by atoms with Crippen molar-refractivity contribution < 1.29 is 4.79 Å². The monoisotopic (exact) mass is 201 g/mol. The Morgan fingerprint density at radius 2 is 2.00 bits per heavy atom. The fraction of sp³-hybridized carbons (Fsp3) is 0.167. The summed E-state index contributed by atoms with van der Waals surface area (Å²) in [7, 11) is 0. The van der Waals surface area contributed by atoms with Crippen molar-refractivity contribution >= 4 is 6.29 Å². The fourth-order valence-electron chi connectivity index (χ4n) is 1.80. The first-order chi connectivity index (χ1) is 7.29. The number of carbonyl (C=O) groups excluding carboxylic acids is 1. The van der Waals surface area contributed by atoms with E-state index in [9.17, 15) is 9.59 Å². The van der Waals surface area contributed by atoms with Crippen LogP contribution >= 0.6 is 0 Å². The Balaban J connectivity index is 2.90. The maximum absolute atomic E-state index is 11.8. The zero-order valence-corrected chi connectivity index (χ0v) is 8.43. The summed E-state index contributed by atoms with van der Waals surface area (Å²) in [6.07, 6.45) is 0.636. The van der Waals surface area contributed by atoms with E-state index < -0.39 is 0 Å². The van der Waals surface area contributed by atoms with Gasteiger partial charge >= 0.3 is 0 Å². The summed E-state index contributed by atoms with van der Waals surface area (Å²) < 4.78 is 1.61. The molecule has 0 bridgehead atoms. The molecule has 3 heteroatoms. The van der Waals surface area contributed by atoms with Gasteiger partial charge in [0.1, 0.15) is 0 Å². The van der Waals surface area contributed by atoms with Crippen LogP contribution in [0.2, 0.25) is 0 Å². The maximum atomic E-state index is 11.8. The molecule has 0 spiro atoms. The zero-order chi connectivity index (χ0) is 10.8. The standard InChI is InChI=1S/C12H11NO2/c1-2-13-11-7-5-3-4-6-9(11)10(8-14)12(13)15/h3-8H,2H2,1H3. The molecular weight excluding hydrogens is 190 g/mol. The molecule has 2 rings (SSSR count). The van der Waals surface area contributed by atoms with Gasteiger partial charge in [0.15, 0.2) is 6.29 Å². The molecule has 0 radical (unpaired) electrons. The minimum atomic E-state index is -0.200. The molecule has 2 aliphatic rings. The van der Waals surface area contributed by atoms with Crippen LogP contribution in [-0.4, -0.2) is 10.9 Å². The second-order valence-electron chi connectivity index (χ2n) is 3.29. The van der Waals surface area contributed by atoms with E-state index in [2.05, 4.69) is 0 Å². The van der Waals surface area contributed by atoms with Gasteiger partial charge in [0.25, 0.3) is 5.56 Å². The SMILES string of the molecule is CCn1c2cccccc-2c(C=O)c1=O. The highest BCUT2D eigenvalue weighted by Gasteiger charge is 2.17. The van der Waals surface area contributed by atoms with Gasteiger partial charge < -0.3 is 4.57 Å². The fourth-order valence-corrected chi connectivity index (χ4v) is 1.80. The second-order valence-corrected chi connectivity index (χ2v) is 3.29. The first kappa shape index (κ1) is 9.65. The quantitative estimate of drug-likeness (QED) is 0.695. The highest BCUT2D eigenvalue weighted by Crippen LogP contribution is 2.22. The van der Waals surface area contributed by atoms with Crippen molar-refractivity contribution in [2.75, 3.05) is 0 Å². The van der Waals surface area contributed by atoms with Crippen molar-refractivity contribution in [1.82, 2.24) is 4.57 Å². The molecule has 0 saturated carbocycles. The molecule has 0 aromatic heterocycles. The van der Waals surface area contributed by atoms with Crippen LogP contribution in [0.4, 0.5) is 0 Å². The van der Waals surface area contributed by atoms with Crippen LogP contribution in [0.1, 0.15) is 17.3 Å². The van der Waals surface area contributed by atoms with E-state index in [1.165, 1.54) is 0 Å². The molecule has 76 valence electrons. The predicted octanol–water partition coefficient (Wildman–Crippen LogP) is 1.79. The van der Waals surface area contributed by atoms with Gasteiger partial charge in [-0.05, 0) is 13.0 Å². The summed E-state index contributed by atoms with van der Waals surface area (Å²) >= 11 is 0. The highest BCUT2D eigenvalue weighted by atomic mass is 16.1. The molecule has 0 unspecified atom stereocenters. The van der Waals surface area contributed by atoms with Crippen LogP contribution in [0.5, 0.6) is 0 Å². The van der Waals surface area contributed by atoms with Crippen LogP contribution < -0.4 is 5.56 Å². The third-order valence-corrected chi connectivity index (χ3v) is 2.51. The van der Waals surface area contributed by atoms with E-state index in [1.54, 1.807) is 10.6 Å². The third kappa shape index (κ3) is 1.36. The molecule has 0 N–H and O–H groups in total. The van der Waals surface area contributed by atoms with Crippen LogP contribution in [0.3, 0.4) is 0 Å². The lowest BCUT2D eigenvalue weighted by molar-refractivity contribution is 0.112. The highest BCUT2D eigenvalue weighted by molar-refractivity contribution is 5.87. The average molecular weight is 201 g/mol. The first-order valence-corrected chi connectivity index (χ1v) is 4.86. The molecule has 3 nitrogen and oxygen atoms in total. The lowest BCUT2D eigenvalue weighted by Gasteiger charge is -1.99. The Morgan fingerprint density at radius 3 is 2.67 bits per heavy atom. The normalized spacial score (nSPS) is 10.5. The number of aldehydes is 1. The van der Waals surface area contributed by atoms with Crippen molar-refractivity contribution in [2.45, 2.75) is 13.5 Å². The van der Waals surface area contributed by atoms with Crippen molar-refractivity contribution in [1.29, 1.82) is 0 Å². The van der Waals surface area contributed by atoms with E-state index in [0.717, 1.165) is 11.3 Å². The molecule has 0 saturated heterocycles. The Hall–Kier alpha value is -1.90. The minimum absolute atomic E-state index is 0.200. The topological polar surface area (TPSA) is 39.1 Å². The van der Waals surface area contributed by atoms with Gasteiger partial charge in [-0.3, -0.25) is 9.59 Å². The molecule has 0 fully saturated rings. The molecule has 1 aliphatic carbocycles. The van der Waals surface area contributed by atoms with Crippen LogP contribution in [0.15, 0.2) is 35.1 Å². The van der Waals surface area contributed by atoms with Crippen molar-refractivity contribution in [2.24, 2.45) is 0 Å². The van der Waals surface area contributed by atoms with Gasteiger partial charge in [-0.2, -0.15) is 0 Å². The van der Waals surface area contributed by atoms with Crippen molar-refractivity contribution in [3.05, 3.63) is 46.2 Å². The van der Waals surface area contributed by atoms with Gasteiger partial charge in [0.2, 0.25) is 0 Å². The largest absolute Gasteiger partial charge is 0.308 e. The summed E-state index contributed by atoms with van der Waals surface area (Å²) in [5.74, 6) is 0. The summed E-state index contributed by atoms with van der Waals surface area (Å²) in [5.41, 5.74) is 1.59. The summed E-state index contributed by atoms with van der Waals surface area (Å²) in [5, 5.41) is 0. The van der Waals surface area contributed by atoms with Gasteiger partial charge in [-0.25, -0.2) is 0 Å². The molecule has 0 aromatic carbocycles. The van der Waals surface area contributed by atoms with Crippen LogP contribution in [-0.2, 0) is 6.54 Å². The number of hydrogen-bond donors (Lipinski definition) is 0. The van der Waals surface area contributed by atoms with E-state index in [1.807, 2.05) is 31.2 Å². The number of nitrogens with zero attached hydrogens (tertiary/aromatic N) is 1. The third-order valence-electron chi connectivity index (χ3n) is 2.51. The average Bonchev–Trinajstić information content (AvgIpc) is 2.43. The van der Waals surface area contributed by atoms with Crippen LogP contribution in [0.25, 0.3) is 11.3 Å². The Bertz CT molecular complexity index is 528. The Labute approximate surface area is 87.3 Å². The molecule has 0 amide bonds. The van der Waals surface area contributed by atoms with E-state index in [4.69, 9.17) is 0 Å². The number of rotatable bonds is 2. The number of carbonyl (C=O) groups is 1. The molecular formula is C12H11NO2. The molecule has 1 aliphatic heterocycles. The van der Waals surface area contributed by atoms with Gasteiger partial charge in [0.05, 0.1) is 11.3 Å². The number of hydrogen-bond acceptors (Lipinski definition) is 2. The number of fused-ring (bicyclic) bond motifs is 1. The summed E-state index contributed by atoms with van der Waals surface area (Å²) in [6, 6.07) is 9.22. The first-order valence-electron chi connectivity index (χ1n) is 4.86.